The molecule has 0 aromatic heterocycles. The molecule has 3 rings (SSSR count). The lowest BCUT2D eigenvalue weighted by Gasteiger charge is -2.11. The third-order valence-electron chi connectivity index (χ3n) is 3.68. The van der Waals surface area contributed by atoms with Crippen LogP contribution in [0.1, 0.15) is 53.7 Å². The number of aryl methyl sites for hydroxylation is 1. The van der Waals surface area contributed by atoms with E-state index in [1.54, 1.807) is 12.2 Å². The van der Waals surface area contributed by atoms with Crippen LogP contribution >= 0.6 is 0 Å². The Hall–Kier alpha value is -2.60. The first-order chi connectivity index (χ1) is 11.2. The fourth-order valence-electron chi connectivity index (χ4n) is 2.57. The van der Waals surface area contributed by atoms with E-state index < -0.39 is 0 Å². The quantitative estimate of drug-likeness (QED) is 0.476. The zero-order valence-electron chi connectivity index (χ0n) is 13.8. The largest absolute Gasteiger partial charge is 0.0991 e. The van der Waals surface area contributed by atoms with Crippen molar-refractivity contribution in [1.29, 1.82) is 0 Å². The Morgan fingerprint density at radius 3 is 1.85 bits per heavy atom. The van der Waals surface area contributed by atoms with Crippen LogP contribution < -0.4 is 0 Å². The van der Waals surface area contributed by atoms with Gasteiger partial charge in [-0.25, -0.2) is 0 Å². The summed E-state index contributed by atoms with van der Waals surface area (Å²) < 4.78 is 0. The van der Waals surface area contributed by atoms with Gasteiger partial charge < -0.3 is 0 Å². The summed E-state index contributed by atoms with van der Waals surface area (Å²) in [5, 5.41) is 0. The molecule has 148 valence electrons. The molecule has 1 aliphatic carbocycles. The highest BCUT2D eigenvalue weighted by molar-refractivity contribution is 5.79. The molecular weight excluding hydrogens is 324 g/mol. The van der Waals surface area contributed by atoms with E-state index in [2.05, 4.69) is 86.8 Å². The van der Waals surface area contributed by atoms with Crippen molar-refractivity contribution in [2.24, 2.45) is 0 Å². The number of benzene rings is 2. The molecule has 1 aliphatic rings. The fourth-order valence-corrected chi connectivity index (χ4v) is 2.57. The number of rotatable bonds is 3. The van der Waals surface area contributed by atoms with Crippen LogP contribution in [0.5, 0.6) is 0 Å². The molecule has 0 saturated heterocycles. The standard InChI is InChI=1S/C19H18.C4H6.4CH4/c1-15-12-18(16-8-4-2-5-9-16)14-19(13-15)17-10-6-3-7-11-17;1-3-4-2;;;;/h2,4-6,8-14H,3,7H2,1H3;3-4H,1-2H2;4*1H4. The third kappa shape index (κ3) is 9.06. The van der Waals surface area contributed by atoms with E-state index in [1.165, 1.54) is 34.2 Å². The third-order valence-corrected chi connectivity index (χ3v) is 3.68. The minimum absolute atomic E-state index is 0. The molecule has 0 aliphatic heterocycles. The van der Waals surface area contributed by atoms with Crippen molar-refractivity contribution in [2.45, 2.75) is 49.5 Å². The molecule has 0 heteroatoms. The lowest BCUT2D eigenvalue weighted by atomic mass is 9.94. The second-order valence-corrected chi connectivity index (χ2v) is 5.56. The molecule has 0 heterocycles. The van der Waals surface area contributed by atoms with Crippen molar-refractivity contribution in [2.75, 3.05) is 0 Å². The highest BCUT2D eigenvalue weighted by Gasteiger charge is 2.05. The number of hydrogen-bond acceptors (Lipinski definition) is 0. The summed E-state index contributed by atoms with van der Waals surface area (Å²) in [4.78, 5) is 0. The topological polar surface area (TPSA) is 0 Å². The molecule has 0 radical (unpaired) electrons. The van der Waals surface area contributed by atoms with Gasteiger partial charge in [0.05, 0.1) is 0 Å². The number of allylic oxidation sites excluding steroid dienone is 6. The Morgan fingerprint density at radius 2 is 1.33 bits per heavy atom. The van der Waals surface area contributed by atoms with E-state index in [1.807, 2.05) is 0 Å². The van der Waals surface area contributed by atoms with Gasteiger partial charge in [-0.1, -0.05) is 116 Å². The van der Waals surface area contributed by atoms with E-state index in [4.69, 9.17) is 0 Å². The maximum absolute atomic E-state index is 3.36. The van der Waals surface area contributed by atoms with Gasteiger partial charge in [-0.2, -0.15) is 0 Å². The highest BCUT2D eigenvalue weighted by atomic mass is 14.1. The molecule has 0 amide bonds. The smallest absolute Gasteiger partial charge is 0.0175 e. The van der Waals surface area contributed by atoms with Gasteiger partial charge in [-0.05, 0) is 53.7 Å². The molecule has 0 spiro atoms. The fraction of sp³-hybridized carbons (Fsp3) is 0.259. The van der Waals surface area contributed by atoms with Crippen LogP contribution in [-0.4, -0.2) is 0 Å². The van der Waals surface area contributed by atoms with Crippen LogP contribution in [0.25, 0.3) is 16.7 Å². The maximum Gasteiger partial charge on any atom is -0.0175 e. The molecule has 0 bridgehead atoms. The average Bonchev–Trinajstić information content (AvgIpc) is 2.63. The Balaban J connectivity index is -0.000000661. The first-order valence-corrected chi connectivity index (χ1v) is 8.02. The predicted octanol–water partition coefficient (Wildman–Crippen LogP) is 9.30. The Kier molecular flexibility index (Phi) is 16.9. The van der Waals surface area contributed by atoms with Crippen LogP contribution in [0, 0.1) is 6.92 Å². The van der Waals surface area contributed by atoms with Gasteiger partial charge in [-0.3, -0.25) is 0 Å². The van der Waals surface area contributed by atoms with Crippen LogP contribution in [0.15, 0.2) is 92.1 Å². The molecule has 0 saturated carbocycles. The van der Waals surface area contributed by atoms with Crippen molar-refractivity contribution in [3.63, 3.8) is 0 Å². The van der Waals surface area contributed by atoms with Crippen LogP contribution in [0.4, 0.5) is 0 Å². The van der Waals surface area contributed by atoms with Gasteiger partial charge in [-0.15, -0.1) is 0 Å². The summed E-state index contributed by atoms with van der Waals surface area (Å²) in [6, 6.07) is 17.4. The molecule has 2 aromatic rings. The summed E-state index contributed by atoms with van der Waals surface area (Å²) in [6.07, 6.45) is 12.4. The van der Waals surface area contributed by atoms with E-state index in [-0.39, 0.29) is 29.7 Å². The summed E-state index contributed by atoms with van der Waals surface area (Å²) >= 11 is 0. The normalized spacial score (nSPS) is 10.8. The zero-order chi connectivity index (χ0) is 16.5. The van der Waals surface area contributed by atoms with Crippen LogP contribution in [0.2, 0.25) is 0 Å². The summed E-state index contributed by atoms with van der Waals surface area (Å²) in [6.45, 7) is 8.89. The summed E-state index contributed by atoms with van der Waals surface area (Å²) in [5.41, 5.74) is 6.58. The average molecular weight is 365 g/mol. The van der Waals surface area contributed by atoms with E-state index in [0.717, 1.165) is 6.42 Å². The molecule has 0 atom stereocenters. The Morgan fingerprint density at radius 1 is 0.741 bits per heavy atom. The molecule has 0 N–H and O–H groups in total. The zero-order valence-corrected chi connectivity index (χ0v) is 13.8. The summed E-state index contributed by atoms with van der Waals surface area (Å²) in [7, 11) is 0. The van der Waals surface area contributed by atoms with Gasteiger partial charge in [0.1, 0.15) is 0 Å². The van der Waals surface area contributed by atoms with Gasteiger partial charge in [0, 0.05) is 0 Å². The van der Waals surface area contributed by atoms with Gasteiger partial charge >= 0.3 is 0 Å². The minimum atomic E-state index is 0. The van der Waals surface area contributed by atoms with Crippen molar-refractivity contribution < 1.29 is 0 Å². The SMILES string of the molecule is C.C.C.C.C=CC=C.Cc1cc(C2=CCCC=C2)cc(-c2ccccc2)c1. The van der Waals surface area contributed by atoms with Crippen molar-refractivity contribution in [3.05, 3.63) is 103 Å². The van der Waals surface area contributed by atoms with Gasteiger partial charge in [0.25, 0.3) is 0 Å². The second kappa shape index (κ2) is 15.6. The molecule has 0 nitrogen and oxygen atoms in total. The maximum atomic E-state index is 3.36. The minimum Gasteiger partial charge on any atom is -0.0991 e. The van der Waals surface area contributed by atoms with Crippen molar-refractivity contribution in [1.82, 2.24) is 0 Å². The first-order valence-electron chi connectivity index (χ1n) is 8.02. The monoisotopic (exact) mass is 364 g/mol. The molecular formula is C27H40. The van der Waals surface area contributed by atoms with Crippen LogP contribution in [0.3, 0.4) is 0 Å². The van der Waals surface area contributed by atoms with Crippen LogP contribution in [-0.2, 0) is 0 Å². The second-order valence-electron chi connectivity index (χ2n) is 5.56. The van der Waals surface area contributed by atoms with Crippen molar-refractivity contribution >= 4 is 5.57 Å². The molecule has 0 fully saturated rings. The highest BCUT2D eigenvalue weighted by Crippen LogP contribution is 2.28. The lowest BCUT2D eigenvalue weighted by Crippen LogP contribution is -1.89. The van der Waals surface area contributed by atoms with E-state index in [9.17, 15) is 0 Å². The summed E-state index contributed by atoms with van der Waals surface area (Å²) in [5.74, 6) is 0. The van der Waals surface area contributed by atoms with E-state index >= 15 is 0 Å². The number of hydrogen-bond donors (Lipinski definition) is 0. The van der Waals surface area contributed by atoms with Gasteiger partial charge in [0.15, 0.2) is 0 Å². The Labute approximate surface area is 169 Å². The predicted molar refractivity (Wildman–Crippen MR) is 130 cm³/mol. The van der Waals surface area contributed by atoms with Gasteiger partial charge in [0.2, 0.25) is 0 Å². The first kappa shape index (κ1) is 29.2. The molecule has 0 unspecified atom stereocenters. The Bertz CT molecular complexity index is 709. The molecule has 2 aromatic carbocycles. The molecule has 27 heavy (non-hydrogen) atoms. The van der Waals surface area contributed by atoms with E-state index in [0.29, 0.717) is 0 Å². The lowest BCUT2D eigenvalue weighted by molar-refractivity contribution is 1.04. The van der Waals surface area contributed by atoms with Crippen molar-refractivity contribution in [3.8, 4) is 11.1 Å².